The molecule has 162 valence electrons. The normalized spacial score (nSPS) is 16.8. The molecule has 0 fully saturated rings. The second-order valence-corrected chi connectivity index (χ2v) is 9.07. The van der Waals surface area contributed by atoms with E-state index >= 15 is 0 Å². The number of hydrogen-bond donors (Lipinski definition) is 1. The van der Waals surface area contributed by atoms with Crippen LogP contribution < -0.4 is 9.64 Å². The fraction of sp³-hybridized carbons (Fsp3) is 0.346. The van der Waals surface area contributed by atoms with Crippen molar-refractivity contribution in [3.8, 4) is 5.75 Å². The molecule has 4 rings (SSSR count). The molecule has 1 aliphatic rings. The maximum absolute atomic E-state index is 13.0. The molecule has 0 aromatic heterocycles. The number of rotatable bonds is 4. The van der Waals surface area contributed by atoms with Gasteiger partial charge >= 0.3 is 6.09 Å². The van der Waals surface area contributed by atoms with Crippen LogP contribution in [0.3, 0.4) is 0 Å². The van der Waals surface area contributed by atoms with Crippen LogP contribution >= 0.6 is 0 Å². The Labute approximate surface area is 183 Å². The molecule has 0 spiro atoms. The Kier molecular flexibility index (Phi) is 5.63. The number of ether oxygens (including phenoxy) is 2. The molecule has 1 amide bonds. The first kappa shape index (κ1) is 21.2. The highest BCUT2D eigenvalue weighted by molar-refractivity contribution is 6.02. The molecule has 3 aromatic rings. The van der Waals surface area contributed by atoms with E-state index in [0.717, 1.165) is 27.6 Å². The first-order valence-electron chi connectivity index (χ1n) is 10.7. The monoisotopic (exact) mass is 419 g/mol. The second kappa shape index (κ2) is 8.23. The summed E-state index contributed by atoms with van der Waals surface area (Å²) in [6.07, 6.45) is -1.02. The molecule has 0 aliphatic carbocycles. The van der Waals surface area contributed by atoms with E-state index in [-0.39, 0.29) is 5.92 Å². The summed E-state index contributed by atoms with van der Waals surface area (Å²) in [4.78, 5) is 14.6. The third kappa shape index (κ3) is 4.37. The van der Waals surface area contributed by atoms with Crippen molar-refractivity contribution in [2.45, 2.75) is 51.9 Å². The average molecular weight is 420 g/mol. The van der Waals surface area contributed by atoms with Crippen molar-refractivity contribution < 1.29 is 19.4 Å². The van der Waals surface area contributed by atoms with Crippen molar-refractivity contribution >= 4 is 22.6 Å². The van der Waals surface area contributed by atoms with E-state index in [9.17, 15) is 9.90 Å². The lowest BCUT2D eigenvalue weighted by Gasteiger charge is -2.25. The highest BCUT2D eigenvalue weighted by atomic mass is 16.6. The Hall–Kier alpha value is -3.05. The number of fused-ring (bicyclic) bond motifs is 3. The van der Waals surface area contributed by atoms with Gasteiger partial charge in [-0.3, -0.25) is 4.90 Å². The zero-order chi connectivity index (χ0) is 22.2. The van der Waals surface area contributed by atoms with Gasteiger partial charge in [0.1, 0.15) is 18.0 Å². The number of nitrogens with zero attached hydrogens (tertiary/aromatic N) is 1. The van der Waals surface area contributed by atoms with Crippen LogP contribution in [-0.4, -0.2) is 29.4 Å². The highest BCUT2D eigenvalue weighted by Crippen LogP contribution is 2.46. The Morgan fingerprint density at radius 2 is 1.74 bits per heavy atom. The first-order chi connectivity index (χ1) is 14.7. The van der Waals surface area contributed by atoms with Gasteiger partial charge in [0.15, 0.2) is 0 Å². The molecule has 1 N–H and O–H groups in total. The lowest BCUT2D eigenvalue weighted by molar-refractivity contribution is 0.0577. The molecule has 0 radical (unpaired) electrons. The Balaban J connectivity index is 1.80. The molecule has 5 heteroatoms. The van der Waals surface area contributed by atoms with Crippen LogP contribution in [0.25, 0.3) is 10.8 Å². The summed E-state index contributed by atoms with van der Waals surface area (Å²) in [5.74, 6) is 0.508. The van der Waals surface area contributed by atoms with E-state index in [2.05, 4.69) is 0 Å². The molecule has 0 unspecified atom stereocenters. The summed E-state index contributed by atoms with van der Waals surface area (Å²) < 4.78 is 11.9. The molecular formula is C26H29NO4. The van der Waals surface area contributed by atoms with Crippen molar-refractivity contribution in [2.75, 3.05) is 11.4 Å². The maximum atomic E-state index is 13.0. The van der Waals surface area contributed by atoms with Gasteiger partial charge in [0.2, 0.25) is 0 Å². The van der Waals surface area contributed by atoms with Gasteiger partial charge in [-0.1, -0.05) is 54.6 Å². The number of aliphatic hydroxyl groups is 1. The number of amides is 1. The van der Waals surface area contributed by atoms with Gasteiger partial charge in [0, 0.05) is 23.9 Å². The van der Waals surface area contributed by atoms with Crippen LogP contribution in [0.1, 0.15) is 44.7 Å². The molecule has 0 saturated carbocycles. The van der Waals surface area contributed by atoms with Crippen molar-refractivity contribution in [3.05, 3.63) is 71.8 Å². The van der Waals surface area contributed by atoms with E-state index in [1.54, 1.807) is 11.8 Å². The summed E-state index contributed by atoms with van der Waals surface area (Å²) in [6, 6.07) is 19.9. The Bertz CT molecular complexity index is 1090. The fourth-order valence-corrected chi connectivity index (χ4v) is 4.09. The fourth-order valence-electron chi connectivity index (χ4n) is 4.09. The van der Waals surface area contributed by atoms with E-state index < -0.39 is 17.8 Å². The van der Waals surface area contributed by atoms with Crippen LogP contribution in [-0.2, 0) is 11.3 Å². The van der Waals surface area contributed by atoms with E-state index in [1.807, 2.05) is 81.4 Å². The largest absolute Gasteiger partial charge is 0.488 e. The van der Waals surface area contributed by atoms with Crippen LogP contribution in [0.15, 0.2) is 60.7 Å². The SMILES string of the molecule is C[C@@H](O)[C@@H]1CN(C(=O)OC(C)(C)C)c2cc(OCc3ccccc3)c3ccccc3c21. The minimum absolute atomic E-state index is 0.199. The minimum Gasteiger partial charge on any atom is -0.488 e. The molecule has 1 aliphatic heterocycles. The Morgan fingerprint density at radius 1 is 1.10 bits per heavy atom. The van der Waals surface area contributed by atoms with Crippen molar-refractivity contribution in [1.82, 2.24) is 0 Å². The van der Waals surface area contributed by atoms with Gasteiger partial charge in [0.25, 0.3) is 0 Å². The molecule has 0 saturated heterocycles. The summed E-state index contributed by atoms with van der Waals surface area (Å²) in [7, 11) is 0. The first-order valence-corrected chi connectivity index (χ1v) is 10.7. The summed E-state index contributed by atoms with van der Waals surface area (Å²) >= 11 is 0. The van der Waals surface area contributed by atoms with E-state index in [1.165, 1.54) is 0 Å². The van der Waals surface area contributed by atoms with Gasteiger partial charge in [-0.2, -0.15) is 0 Å². The van der Waals surface area contributed by atoms with Crippen molar-refractivity contribution in [1.29, 1.82) is 0 Å². The predicted molar refractivity (Wildman–Crippen MR) is 123 cm³/mol. The quantitative estimate of drug-likeness (QED) is 0.595. The molecule has 5 nitrogen and oxygen atoms in total. The van der Waals surface area contributed by atoms with Crippen LogP contribution in [0.2, 0.25) is 0 Å². The second-order valence-electron chi connectivity index (χ2n) is 9.07. The summed E-state index contributed by atoms with van der Waals surface area (Å²) in [6.45, 7) is 8.11. The van der Waals surface area contributed by atoms with Gasteiger partial charge in [-0.05, 0) is 44.2 Å². The van der Waals surface area contributed by atoms with Gasteiger partial charge < -0.3 is 14.6 Å². The third-order valence-corrected chi connectivity index (χ3v) is 5.50. The molecular weight excluding hydrogens is 390 g/mol. The lowest BCUT2D eigenvalue weighted by Crippen LogP contribution is -2.37. The molecule has 3 aromatic carbocycles. The number of aliphatic hydroxyl groups excluding tert-OH is 1. The number of hydrogen-bond acceptors (Lipinski definition) is 4. The smallest absolute Gasteiger partial charge is 0.414 e. The van der Waals surface area contributed by atoms with Gasteiger partial charge in [0.05, 0.1) is 11.8 Å². The molecule has 31 heavy (non-hydrogen) atoms. The number of carbonyl (C=O) groups excluding carboxylic acids is 1. The topological polar surface area (TPSA) is 59.0 Å². The average Bonchev–Trinajstić information content (AvgIpc) is 3.12. The van der Waals surface area contributed by atoms with Gasteiger partial charge in [-0.15, -0.1) is 0 Å². The van der Waals surface area contributed by atoms with Crippen LogP contribution in [0, 0.1) is 0 Å². The highest BCUT2D eigenvalue weighted by Gasteiger charge is 2.39. The summed E-state index contributed by atoms with van der Waals surface area (Å²) in [5.41, 5.74) is 2.16. The van der Waals surface area contributed by atoms with E-state index in [4.69, 9.17) is 9.47 Å². The summed E-state index contributed by atoms with van der Waals surface area (Å²) in [5, 5.41) is 12.5. The van der Waals surface area contributed by atoms with Crippen LogP contribution in [0.4, 0.5) is 10.5 Å². The number of carbonyl (C=O) groups is 1. The van der Waals surface area contributed by atoms with Gasteiger partial charge in [-0.25, -0.2) is 4.79 Å². The van der Waals surface area contributed by atoms with Crippen molar-refractivity contribution in [2.24, 2.45) is 0 Å². The lowest BCUT2D eigenvalue weighted by atomic mass is 9.91. The Morgan fingerprint density at radius 3 is 2.39 bits per heavy atom. The predicted octanol–water partition coefficient (Wildman–Crippen LogP) is 5.64. The van der Waals surface area contributed by atoms with Crippen LogP contribution in [0.5, 0.6) is 5.75 Å². The third-order valence-electron chi connectivity index (χ3n) is 5.50. The molecule has 0 bridgehead atoms. The maximum Gasteiger partial charge on any atom is 0.414 e. The minimum atomic E-state index is -0.607. The molecule has 2 atom stereocenters. The molecule has 1 heterocycles. The number of anilines is 1. The standard InChI is InChI=1S/C26H29NO4/c1-17(28)21-15-27(25(29)31-26(2,3)4)22-14-23(30-16-18-10-6-5-7-11-18)19-12-8-9-13-20(19)24(21)22/h5-14,17,21,28H,15-16H2,1-4H3/t17-,21+/m1/s1. The zero-order valence-corrected chi connectivity index (χ0v) is 18.5. The van der Waals surface area contributed by atoms with Crippen molar-refractivity contribution in [3.63, 3.8) is 0 Å². The van der Waals surface area contributed by atoms with E-state index in [0.29, 0.717) is 18.9 Å². The zero-order valence-electron chi connectivity index (χ0n) is 18.5. The number of benzene rings is 3.